The van der Waals surface area contributed by atoms with Crippen molar-refractivity contribution >= 4 is 51.1 Å². The fourth-order valence-electron chi connectivity index (χ4n) is 2.36. The van der Waals surface area contributed by atoms with Crippen LogP contribution in [0.3, 0.4) is 0 Å². The molecule has 0 unspecified atom stereocenters. The van der Waals surface area contributed by atoms with E-state index in [0.29, 0.717) is 22.8 Å². The number of azo groups is 1. The summed E-state index contributed by atoms with van der Waals surface area (Å²) in [6, 6.07) is 12.1. The maximum atomic E-state index is 12.6. The zero-order valence-corrected chi connectivity index (χ0v) is 15.3. The first-order valence-electron chi connectivity index (χ1n) is 7.75. The van der Waals surface area contributed by atoms with Gasteiger partial charge in [0.2, 0.25) is 0 Å². The average molecular weight is 412 g/mol. The molecule has 0 aliphatic rings. The van der Waals surface area contributed by atoms with Crippen LogP contribution in [-0.2, 0) is 10.1 Å². The molecule has 1 heterocycles. The number of nitrogens with one attached hydrogen (secondary N) is 1. The van der Waals surface area contributed by atoms with E-state index in [9.17, 15) is 13.2 Å². The van der Waals surface area contributed by atoms with E-state index < -0.39 is 15.7 Å². The Bertz CT molecular complexity index is 1150. The minimum absolute atomic E-state index is 0. The normalized spacial score (nSPS) is 11.4. The molecule has 0 aliphatic carbocycles. The molecule has 1 aromatic heterocycles. The molecule has 2 aromatic carbocycles. The second-order valence-electron chi connectivity index (χ2n) is 5.59. The van der Waals surface area contributed by atoms with Crippen LogP contribution in [0.2, 0.25) is 0 Å². The summed E-state index contributed by atoms with van der Waals surface area (Å²) in [5.41, 5.74) is 1.13. The first-order chi connectivity index (χ1) is 12.8. The maximum absolute atomic E-state index is 12.6. The molecule has 0 saturated heterocycles. The third kappa shape index (κ3) is 4.78. The number of benzene rings is 2. The van der Waals surface area contributed by atoms with E-state index in [-0.39, 0.29) is 40.1 Å². The van der Waals surface area contributed by atoms with Crippen LogP contribution in [0.1, 0.15) is 5.69 Å². The van der Waals surface area contributed by atoms with Gasteiger partial charge in [-0.3, -0.25) is 14.4 Å². The van der Waals surface area contributed by atoms with Crippen LogP contribution < -0.4 is 10.3 Å². The van der Waals surface area contributed by atoms with Gasteiger partial charge in [0, 0.05) is 0 Å². The molecule has 142 valence electrons. The Labute approximate surface area is 183 Å². The molecular weight excluding hydrogens is 395 g/mol. The van der Waals surface area contributed by atoms with E-state index >= 15 is 0 Å². The molecule has 11 heteroatoms. The van der Waals surface area contributed by atoms with E-state index in [2.05, 4.69) is 15.3 Å². The van der Waals surface area contributed by atoms with E-state index in [1.165, 1.54) is 28.9 Å². The van der Waals surface area contributed by atoms with Gasteiger partial charge in [-0.05, 0) is 55.5 Å². The number of hydrogen-bond acceptors (Lipinski definition) is 6. The molecule has 0 amide bonds. The summed E-state index contributed by atoms with van der Waals surface area (Å²) < 4.78 is 37.5. The van der Waals surface area contributed by atoms with Gasteiger partial charge in [0.1, 0.15) is 5.75 Å². The van der Waals surface area contributed by atoms with E-state index in [0.717, 1.165) is 0 Å². The number of rotatable bonds is 5. The Hall–Kier alpha value is -2.24. The second kappa shape index (κ2) is 8.84. The van der Waals surface area contributed by atoms with Crippen molar-refractivity contribution in [2.24, 2.45) is 10.2 Å². The number of methoxy groups -OCH3 is 1. The zero-order chi connectivity index (χ0) is 19.6. The number of aromatic nitrogens is 2. The molecule has 0 aliphatic heterocycles. The average Bonchev–Trinajstić information content (AvgIpc) is 2.94. The summed E-state index contributed by atoms with van der Waals surface area (Å²) in [5, 5.41) is 10.9. The van der Waals surface area contributed by atoms with Gasteiger partial charge < -0.3 is 4.74 Å². The number of ether oxygens (including phenoxy) is 1. The van der Waals surface area contributed by atoms with Crippen molar-refractivity contribution in [3.8, 4) is 11.4 Å². The SMILES string of the molecule is COc1ccc(/N=N/c2c(C)[nH]n(-c3ccc(S(=O)(=O)O)cc3)c2=O)cc1.[NaH]. The van der Waals surface area contributed by atoms with Crippen LogP contribution in [-0.4, -0.2) is 59.4 Å². The van der Waals surface area contributed by atoms with Crippen molar-refractivity contribution in [3.63, 3.8) is 0 Å². The number of aryl methyl sites for hydroxylation is 1. The molecule has 0 saturated carbocycles. The van der Waals surface area contributed by atoms with Crippen LogP contribution in [0.4, 0.5) is 11.4 Å². The van der Waals surface area contributed by atoms with Crippen molar-refractivity contribution in [1.29, 1.82) is 0 Å². The van der Waals surface area contributed by atoms with Gasteiger partial charge in [0.25, 0.3) is 15.7 Å². The molecule has 28 heavy (non-hydrogen) atoms. The fourth-order valence-corrected chi connectivity index (χ4v) is 2.84. The van der Waals surface area contributed by atoms with Crippen molar-refractivity contribution < 1.29 is 17.7 Å². The van der Waals surface area contributed by atoms with Crippen LogP contribution in [0.25, 0.3) is 5.69 Å². The Morgan fingerprint density at radius 1 is 1.04 bits per heavy atom. The van der Waals surface area contributed by atoms with Gasteiger partial charge >= 0.3 is 29.6 Å². The minimum atomic E-state index is -4.30. The molecular formula is C17H17N4NaO5S. The van der Waals surface area contributed by atoms with E-state index in [1.54, 1.807) is 38.3 Å². The van der Waals surface area contributed by atoms with Crippen molar-refractivity contribution in [3.05, 3.63) is 64.6 Å². The first-order valence-corrected chi connectivity index (χ1v) is 9.19. The quantitative estimate of drug-likeness (QED) is 0.378. The van der Waals surface area contributed by atoms with Crippen molar-refractivity contribution in [2.75, 3.05) is 7.11 Å². The summed E-state index contributed by atoms with van der Waals surface area (Å²) in [6.45, 7) is 1.67. The molecule has 0 fully saturated rings. The molecule has 2 N–H and O–H groups in total. The van der Waals surface area contributed by atoms with Gasteiger partial charge in [-0.25, -0.2) is 4.68 Å². The molecule has 9 nitrogen and oxygen atoms in total. The van der Waals surface area contributed by atoms with E-state index in [1.807, 2.05) is 0 Å². The van der Waals surface area contributed by atoms with Gasteiger partial charge in [-0.2, -0.15) is 13.5 Å². The second-order valence-corrected chi connectivity index (χ2v) is 7.01. The zero-order valence-electron chi connectivity index (χ0n) is 14.4. The number of nitrogens with zero attached hydrogens (tertiary/aromatic N) is 3. The van der Waals surface area contributed by atoms with Gasteiger partial charge in [-0.1, -0.05) is 0 Å². The molecule has 3 rings (SSSR count). The van der Waals surface area contributed by atoms with Crippen molar-refractivity contribution in [1.82, 2.24) is 9.78 Å². The number of hydrogen-bond donors (Lipinski definition) is 2. The van der Waals surface area contributed by atoms with Crippen LogP contribution in [0, 0.1) is 6.92 Å². The topological polar surface area (TPSA) is 126 Å². The van der Waals surface area contributed by atoms with Gasteiger partial charge in [0.05, 0.1) is 29.1 Å². The predicted molar refractivity (Wildman–Crippen MR) is 105 cm³/mol. The Kier molecular flexibility index (Phi) is 6.96. The van der Waals surface area contributed by atoms with Crippen LogP contribution in [0.15, 0.2) is 68.4 Å². The van der Waals surface area contributed by atoms with Gasteiger partial charge in [-0.15, -0.1) is 5.11 Å². The van der Waals surface area contributed by atoms with Crippen LogP contribution in [0.5, 0.6) is 5.75 Å². The molecule has 0 atom stereocenters. The van der Waals surface area contributed by atoms with Crippen molar-refractivity contribution in [2.45, 2.75) is 11.8 Å². The summed E-state index contributed by atoms with van der Waals surface area (Å²) in [4.78, 5) is 12.3. The number of H-pyrrole nitrogens is 1. The molecule has 0 spiro atoms. The fraction of sp³-hybridized carbons (Fsp3) is 0.118. The standard InChI is InChI=1S/C17H16N4O5S.Na.H/c1-11-16(19-18-12-3-7-14(26-2)8-4-12)17(22)21(20-11)13-5-9-15(10-6-13)27(23,24)25;;/h3-10,20H,1-2H3,(H,23,24,25);;/b19-18+;;. The van der Waals surface area contributed by atoms with Crippen LogP contribution >= 0.6 is 0 Å². The molecule has 0 bridgehead atoms. The van der Waals surface area contributed by atoms with Gasteiger partial charge in [0.15, 0.2) is 5.69 Å². The molecule has 3 aromatic rings. The summed E-state index contributed by atoms with van der Waals surface area (Å²) in [5.74, 6) is 0.683. The first kappa shape index (κ1) is 22.1. The third-order valence-electron chi connectivity index (χ3n) is 3.77. The number of aromatic amines is 1. The Morgan fingerprint density at radius 2 is 1.64 bits per heavy atom. The predicted octanol–water partition coefficient (Wildman–Crippen LogP) is 2.50. The monoisotopic (exact) mass is 412 g/mol. The Balaban J connectivity index is 0.00000280. The summed E-state index contributed by atoms with van der Waals surface area (Å²) >= 11 is 0. The Morgan fingerprint density at radius 3 is 2.18 bits per heavy atom. The summed E-state index contributed by atoms with van der Waals surface area (Å²) in [6.07, 6.45) is 0. The molecule has 0 radical (unpaired) electrons. The van der Waals surface area contributed by atoms with E-state index in [4.69, 9.17) is 9.29 Å². The third-order valence-corrected chi connectivity index (χ3v) is 4.64. The summed E-state index contributed by atoms with van der Waals surface area (Å²) in [7, 11) is -2.74.